The van der Waals surface area contributed by atoms with Gasteiger partial charge in [-0.3, -0.25) is 0 Å². The first-order valence-corrected chi connectivity index (χ1v) is 16.2. The Kier molecular flexibility index (Phi) is 9.71. The number of alkyl halides is 1. The van der Waals surface area contributed by atoms with Crippen molar-refractivity contribution in [2.24, 2.45) is 0 Å². The third-order valence-corrected chi connectivity index (χ3v) is 8.14. The SMILES string of the molecule is COc1cc(Cn2c(-c3ccc(OCc4ccccc4)cc3)c(C)c3cc(OCc4ccccc4)ccc32)ccc1OCCBr. The first-order valence-electron chi connectivity index (χ1n) is 15.1. The van der Waals surface area contributed by atoms with Gasteiger partial charge in [0.2, 0.25) is 0 Å². The lowest BCUT2D eigenvalue weighted by molar-refractivity contribution is 0.306. The molecule has 0 atom stereocenters. The summed E-state index contributed by atoms with van der Waals surface area (Å²) >= 11 is 3.43. The molecule has 0 unspecified atom stereocenters. The molecule has 6 heteroatoms. The molecule has 5 nitrogen and oxygen atoms in total. The number of fused-ring (bicyclic) bond motifs is 1. The van der Waals surface area contributed by atoms with Crippen molar-refractivity contribution in [1.29, 1.82) is 0 Å². The van der Waals surface area contributed by atoms with Crippen LogP contribution in [0.15, 0.2) is 121 Å². The van der Waals surface area contributed by atoms with E-state index in [0.29, 0.717) is 26.4 Å². The van der Waals surface area contributed by atoms with Gasteiger partial charge in [-0.25, -0.2) is 0 Å². The van der Waals surface area contributed by atoms with Crippen LogP contribution in [0.25, 0.3) is 22.2 Å². The van der Waals surface area contributed by atoms with Crippen molar-refractivity contribution in [3.8, 4) is 34.3 Å². The van der Waals surface area contributed by atoms with Crippen molar-refractivity contribution in [1.82, 2.24) is 4.57 Å². The highest BCUT2D eigenvalue weighted by molar-refractivity contribution is 9.09. The summed E-state index contributed by atoms with van der Waals surface area (Å²) in [7, 11) is 1.68. The fourth-order valence-corrected chi connectivity index (χ4v) is 5.74. The molecule has 0 bridgehead atoms. The van der Waals surface area contributed by atoms with Crippen molar-refractivity contribution in [3.63, 3.8) is 0 Å². The van der Waals surface area contributed by atoms with Gasteiger partial charge in [-0.1, -0.05) is 82.7 Å². The highest BCUT2D eigenvalue weighted by atomic mass is 79.9. The van der Waals surface area contributed by atoms with Crippen LogP contribution in [-0.2, 0) is 19.8 Å². The van der Waals surface area contributed by atoms with Crippen LogP contribution in [0.1, 0.15) is 22.3 Å². The molecular weight excluding hydrogens is 626 g/mol. The molecule has 0 saturated heterocycles. The van der Waals surface area contributed by atoms with Gasteiger partial charge in [0.1, 0.15) is 24.7 Å². The lowest BCUT2D eigenvalue weighted by Gasteiger charge is -2.15. The Morgan fingerprint density at radius 2 is 1.27 bits per heavy atom. The predicted octanol–water partition coefficient (Wildman–Crippen LogP) is 9.61. The molecule has 1 heterocycles. The Morgan fingerprint density at radius 3 is 1.91 bits per heavy atom. The van der Waals surface area contributed by atoms with Crippen LogP contribution in [-0.4, -0.2) is 23.6 Å². The van der Waals surface area contributed by atoms with Crippen LogP contribution >= 0.6 is 15.9 Å². The van der Waals surface area contributed by atoms with Gasteiger partial charge in [0.15, 0.2) is 11.5 Å². The number of hydrogen-bond acceptors (Lipinski definition) is 4. The number of nitrogens with zero attached hydrogens (tertiary/aromatic N) is 1. The Hall–Kier alpha value is -4.68. The van der Waals surface area contributed by atoms with E-state index < -0.39 is 0 Å². The molecule has 0 saturated carbocycles. The molecule has 6 aromatic rings. The summed E-state index contributed by atoms with van der Waals surface area (Å²) in [5.41, 5.74) is 7.99. The zero-order valence-corrected chi connectivity index (χ0v) is 27.1. The third kappa shape index (κ3) is 7.18. The molecule has 0 fully saturated rings. The second-order valence-corrected chi connectivity index (χ2v) is 11.6. The largest absolute Gasteiger partial charge is 0.493 e. The van der Waals surface area contributed by atoms with Crippen molar-refractivity contribution in [3.05, 3.63) is 144 Å². The molecule has 0 aliphatic heterocycles. The Bertz CT molecular complexity index is 1850. The van der Waals surface area contributed by atoms with E-state index in [0.717, 1.165) is 67.2 Å². The van der Waals surface area contributed by atoms with Crippen molar-refractivity contribution in [2.75, 3.05) is 19.0 Å². The molecular formula is C39H36BrNO4. The number of benzene rings is 5. The van der Waals surface area contributed by atoms with Crippen LogP contribution in [0.2, 0.25) is 0 Å². The number of hydrogen-bond donors (Lipinski definition) is 0. The predicted molar refractivity (Wildman–Crippen MR) is 185 cm³/mol. The van der Waals surface area contributed by atoms with Crippen molar-refractivity contribution >= 4 is 26.8 Å². The molecule has 228 valence electrons. The van der Waals surface area contributed by atoms with Gasteiger partial charge in [0.05, 0.1) is 19.4 Å². The Balaban J connectivity index is 1.34. The smallest absolute Gasteiger partial charge is 0.161 e. The van der Waals surface area contributed by atoms with E-state index in [1.54, 1.807) is 7.11 Å². The molecule has 0 aliphatic rings. The second-order valence-electron chi connectivity index (χ2n) is 10.8. The molecule has 0 spiro atoms. The summed E-state index contributed by atoms with van der Waals surface area (Å²) in [5, 5.41) is 1.91. The molecule has 0 radical (unpaired) electrons. The third-order valence-electron chi connectivity index (χ3n) is 7.82. The van der Waals surface area contributed by atoms with Crippen LogP contribution in [0.5, 0.6) is 23.0 Å². The average molecular weight is 663 g/mol. The lowest BCUT2D eigenvalue weighted by atomic mass is 10.1. The van der Waals surface area contributed by atoms with E-state index in [9.17, 15) is 0 Å². The number of rotatable bonds is 13. The standard InChI is InChI=1S/C39H36BrNO4/c1-28-35-24-34(45-27-30-11-7-4-8-12-30)18-19-36(35)41(25-31-13-20-37(43-22-21-40)38(23-31)42-2)39(28)32-14-16-33(17-15-32)44-26-29-9-5-3-6-10-29/h3-20,23-24H,21-22,25-27H2,1-2H3. The van der Waals surface area contributed by atoms with Gasteiger partial charge >= 0.3 is 0 Å². The minimum atomic E-state index is 0.521. The number of aromatic nitrogens is 1. The van der Waals surface area contributed by atoms with E-state index in [-0.39, 0.29) is 0 Å². The summed E-state index contributed by atoms with van der Waals surface area (Å²) in [5.74, 6) is 3.14. The average Bonchev–Trinajstić information content (AvgIpc) is 3.36. The normalized spacial score (nSPS) is 11.0. The summed E-state index contributed by atoms with van der Waals surface area (Å²) in [6.45, 7) is 4.47. The van der Waals surface area contributed by atoms with Gasteiger partial charge < -0.3 is 23.5 Å². The zero-order valence-electron chi connectivity index (χ0n) is 25.5. The minimum absolute atomic E-state index is 0.521. The van der Waals surface area contributed by atoms with Gasteiger partial charge in [0, 0.05) is 22.8 Å². The van der Waals surface area contributed by atoms with Gasteiger partial charge in [-0.2, -0.15) is 0 Å². The van der Waals surface area contributed by atoms with Crippen molar-refractivity contribution in [2.45, 2.75) is 26.7 Å². The van der Waals surface area contributed by atoms with Crippen LogP contribution in [0.4, 0.5) is 0 Å². The molecule has 1 aromatic heterocycles. The summed E-state index contributed by atoms with van der Waals surface area (Å²) in [6, 6.07) is 41.4. The first-order chi connectivity index (χ1) is 22.1. The van der Waals surface area contributed by atoms with Gasteiger partial charge in [0.25, 0.3) is 0 Å². The van der Waals surface area contributed by atoms with E-state index in [4.69, 9.17) is 18.9 Å². The van der Waals surface area contributed by atoms with Crippen LogP contribution < -0.4 is 18.9 Å². The minimum Gasteiger partial charge on any atom is -0.493 e. The maximum absolute atomic E-state index is 6.22. The molecule has 0 amide bonds. The first kappa shape index (κ1) is 30.4. The van der Waals surface area contributed by atoms with Crippen LogP contribution in [0, 0.1) is 6.92 Å². The summed E-state index contributed by atoms with van der Waals surface area (Å²) < 4.78 is 26.3. The van der Waals surface area contributed by atoms with E-state index in [2.05, 4.69) is 94.2 Å². The van der Waals surface area contributed by atoms with Gasteiger partial charge in [-0.15, -0.1) is 0 Å². The topological polar surface area (TPSA) is 41.9 Å². The summed E-state index contributed by atoms with van der Waals surface area (Å²) in [6.07, 6.45) is 0. The number of halogens is 1. The zero-order chi connectivity index (χ0) is 31.0. The highest BCUT2D eigenvalue weighted by Gasteiger charge is 2.18. The van der Waals surface area contributed by atoms with E-state index in [1.165, 1.54) is 5.56 Å². The maximum Gasteiger partial charge on any atom is 0.161 e. The van der Waals surface area contributed by atoms with E-state index in [1.807, 2.05) is 54.6 Å². The fourth-order valence-electron chi connectivity index (χ4n) is 5.58. The molecule has 0 N–H and O–H groups in total. The second kappa shape index (κ2) is 14.4. The highest BCUT2D eigenvalue weighted by Crippen LogP contribution is 2.37. The molecule has 45 heavy (non-hydrogen) atoms. The van der Waals surface area contributed by atoms with Crippen LogP contribution in [0.3, 0.4) is 0 Å². The molecule has 0 aliphatic carbocycles. The monoisotopic (exact) mass is 661 g/mol. The summed E-state index contributed by atoms with van der Waals surface area (Å²) in [4.78, 5) is 0. The quantitative estimate of drug-likeness (QED) is 0.116. The van der Waals surface area contributed by atoms with Gasteiger partial charge in [-0.05, 0) is 89.3 Å². The molecule has 5 aromatic carbocycles. The van der Waals surface area contributed by atoms with E-state index >= 15 is 0 Å². The molecule has 6 rings (SSSR count). The number of aryl methyl sites for hydroxylation is 1. The lowest BCUT2D eigenvalue weighted by Crippen LogP contribution is -2.04. The number of methoxy groups -OCH3 is 1. The van der Waals surface area contributed by atoms with Crippen molar-refractivity contribution < 1.29 is 18.9 Å². The Labute approximate surface area is 273 Å². The number of ether oxygens (including phenoxy) is 4. The Morgan fingerprint density at radius 1 is 0.622 bits per heavy atom. The maximum atomic E-state index is 6.22. The fraction of sp³-hybridized carbons (Fsp3) is 0.179.